The Morgan fingerprint density at radius 2 is 1.29 bits per heavy atom. The van der Waals surface area contributed by atoms with Crippen molar-refractivity contribution in [2.75, 3.05) is 12.3 Å². The van der Waals surface area contributed by atoms with Crippen LogP contribution in [0.2, 0.25) is 0 Å². The molecule has 0 aliphatic rings. The van der Waals surface area contributed by atoms with Crippen LogP contribution in [0.25, 0.3) is 0 Å². The molecular weight excluding hydrogens is 297 g/mol. The van der Waals surface area contributed by atoms with Gasteiger partial charge in [-0.2, -0.15) is 18.2 Å². The van der Waals surface area contributed by atoms with E-state index < -0.39 is 10.1 Å². The van der Waals surface area contributed by atoms with E-state index >= 15 is 0 Å². The van der Waals surface area contributed by atoms with Crippen LogP contribution in [0, 0.1) is 0 Å². The van der Waals surface area contributed by atoms with E-state index in [0.29, 0.717) is 13.0 Å². The third-order valence-corrected chi connectivity index (χ3v) is 4.55. The summed E-state index contributed by atoms with van der Waals surface area (Å²) in [6, 6.07) is 0. The standard InChI is InChI=1S/C15H33NO3S.Na.H/c1-3-5-6-7-8-9-10-11-12-13-14-16-19-20(17,18)15-4-2;;/h16H,3-15H2,1-2H3;;/q;+1;-1. The zero-order valence-electron chi connectivity index (χ0n) is 15.3. The van der Waals surface area contributed by atoms with Gasteiger partial charge >= 0.3 is 29.6 Å². The van der Waals surface area contributed by atoms with Gasteiger partial charge in [-0.25, -0.2) is 0 Å². The summed E-state index contributed by atoms with van der Waals surface area (Å²) in [5.74, 6) is 0.0814. The third-order valence-electron chi connectivity index (χ3n) is 3.27. The summed E-state index contributed by atoms with van der Waals surface area (Å²) in [4.78, 5) is 0. The molecular formula is C15H34NNaO3S. The van der Waals surface area contributed by atoms with Gasteiger partial charge in [-0.1, -0.05) is 71.6 Å². The molecule has 0 saturated heterocycles. The molecule has 0 spiro atoms. The SMILES string of the molecule is CCCCCCCCCCCCNOS(=O)(=O)CCC.[H-].[Na+]. The first-order valence-electron chi connectivity index (χ1n) is 8.26. The van der Waals surface area contributed by atoms with Crippen LogP contribution in [0.4, 0.5) is 0 Å². The topological polar surface area (TPSA) is 55.4 Å². The summed E-state index contributed by atoms with van der Waals surface area (Å²) < 4.78 is 27.1. The molecule has 0 amide bonds. The van der Waals surface area contributed by atoms with Gasteiger partial charge in [-0.05, 0) is 12.8 Å². The van der Waals surface area contributed by atoms with E-state index in [-0.39, 0.29) is 36.7 Å². The molecule has 6 heteroatoms. The maximum Gasteiger partial charge on any atom is 1.00 e. The molecule has 0 heterocycles. The molecule has 0 aliphatic carbocycles. The third kappa shape index (κ3) is 18.8. The van der Waals surface area contributed by atoms with Crippen LogP contribution < -0.4 is 35.0 Å². The molecule has 0 unspecified atom stereocenters. The molecule has 0 atom stereocenters. The fourth-order valence-corrected chi connectivity index (χ4v) is 2.95. The number of hydrogen-bond acceptors (Lipinski definition) is 4. The van der Waals surface area contributed by atoms with E-state index in [0.717, 1.165) is 12.8 Å². The fraction of sp³-hybridized carbons (Fsp3) is 1.00. The van der Waals surface area contributed by atoms with Crippen LogP contribution in [0.5, 0.6) is 0 Å². The maximum atomic E-state index is 11.2. The molecule has 0 rings (SSSR count). The summed E-state index contributed by atoms with van der Waals surface area (Å²) in [6.07, 6.45) is 13.3. The Bertz CT molecular complexity index is 303. The first-order chi connectivity index (χ1) is 9.62. The molecule has 0 aliphatic heterocycles. The van der Waals surface area contributed by atoms with Crippen molar-refractivity contribution in [2.24, 2.45) is 0 Å². The van der Waals surface area contributed by atoms with E-state index in [1.54, 1.807) is 0 Å². The summed E-state index contributed by atoms with van der Waals surface area (Å²) in [7, 11) is -3.36. The summed E-state index contributed by atoms with van der Waals surface area (Å²) in [5, 5.41) is 0. The summed E-state index contributed by atoms with van der Waals surface area (Å²) >= 11 is 0. The van der Waals surface area contributed by atoms with Crippen LogP contribution >= 0.6 is 0 Å². The Balaban J connectivity index is -0.00000180. The Morgan fingerprint density at radius 1 is 0.810 bits per heavy atom. The summed E-state index contributed by atoms with van der Waals surface area (Å²) in [6.45, 7) is 4.67. The Kier molecular flexibility index (Phi) is 19.8. The average molecular weight is 331 g/mol. The molecule has 0 radical (unpaired) electrons. The van der Waals surface area contributed by atoms with E-state index in [1.165, 1.54) is 51.4 Å². The van der Waals surface area contributed by atoms with Crippen LogP contribution in [-0.4, -0.2) is 20.7 Å². The van der Waals surface area contributed by atoms with Gasteiger partial charge in [-0.15, -0.1) is 0 Å². The number of unbranched alkanes of at least 4 members (excludes halogenated alkanes) is 9. The predicted molar refractivity (Wildman–Crippen MR) is 86.1 cm³/mol. The van der Waals surface area contributed by atoms with Crippen molar-refractivity contribution in [3.8, 4) is 0 Å². The van der Waals surface area contributed by atoms with Gasteiger partial charge in [0.05, 0.1) is 5.75 Å². The number of hydroxylamine groups is 1. The monoisotopic (exact) mass is 331 g/mol. The van der Waals surface area contributed by atoms with Gasteiger partial charge in [-0.3, -0.25) is 0 Å². The molecule has 21 heavy (non-hydrogen) atoms. The Morgan fingerprint density at radius 3 is 1.76 bits per heavy atom. The molecule has 124 valence electrons. The van der Waals surface area contributed by atoms with Crippen molar-refractivity contribution in [3.63, 3.8) is 0 Å². The van der Waals surface area contributed by atoms with Crippen LogP contribution in [0.15, 0.2) is 0 Å². The van der Waals surface area contributed by atoms with Crippen molar-refractivity contribution >= 4 is 10.1 Å². The van der Waals surface area contributed by atoms with Crippen molar-refractivity contribution in [3.05, 3.63) is 0 Å². The maximum absolute atomic E-state index is 11.2. The molecule has 0 aromatic carbocycles. The van der Waals surface area contributed by atoms with E-state index in [4.69, 9.17) is 0 Å². The molecule has 0 aromatic rings. The first-order valence-corrected chi connectivity index (χ1v) is 9.84. The largest absolute Gasteiger partial charge is 1.00 e. The average Bonchev–Trinajstić information content (AvgIpc) is 2.40. The van der Waals surface area contributed by atoms with Gasteiger partial charge < -0.3 is 1.43 Å². The smallest absolute Gasteiger partial charge is 1.00 e. The van der Waals surface area contributed by atoms with E-state index in [1.807, 2.05) is 6.92 Å². The minimum Gasteiger partial charge on any atom is -1.00 e. The molecule has 4 nitrogen and oxygen atoms in total. The molecule has 0 aromatic heterocycles. The Hall–Kier alpha value is 0.870. The predicted octanol–water partition coefficient (Wildman–Crippen LogP) is 1.28. The number of nitrogens with one attached hydrogen (secondary N) is 1. The van der Waals surface area contributed by atoms with Crippen molar-refractivity contribution in [1.29, 1.82) is 0 Å². The summed E-state index contributed by atoms with van der Waals surface area (Å²) in [5.41, 5.74) is 2.55. The molecule has 0 fully saturated rings. The molecule has 0 bridgehead atoms. The number of hydrogen-bond donors (Lipinski definition) is 1. The zero-order valence-corrected chi connectivity index (χ0v) is 17.1. The van der Waals surface area contributed by atoms with Gasteiger partial charge in [0, 0.05) is 6.54 Å². The van der Waals surface area contributed by atoms with Gasteiger partial charge in [0.25, 0.3) is 10.1 Å². The first kappa shape index (κ1) is 24.1. The minimum atomic E-state index is -3.36. The van der Waals surface area contributed by atoms with E-state index in [2.05, 4.69) is 16.7 Å². The molecule has 1 N–H and O–H groups in total. The van der Waals surface area contributed by atoms with Gasteiger partial charge in [0.15, 0.2) is 0 Å². The second-order valence-electron chi connectivity index (χ2n) is 5.42. The Labute approximate surface area is 155 Å². The van der Waals surface area contributed by atoms with Crippen LogP contribution in [-0.2, 0) is 14.4 Å². The fourth-order valence-electron chi connectivity index (χ4n) is 2.11. The van der Waals surface area contributed by atoms with Gasteiger partial charge in [0.2, 0.25) is 0 Å². The van der Waals surface area contributed by atoms with Crippen molar-refractivity contribution < 1.29 is 43.7 Å². The second kappa shape index (κ2) is 17.2. The van der Waals surface area contributed by atoms with Crippen LogP contribution in [0.1, 0.15) is 85.9 Å². The van der Waals surface area contributed by atoms with E-state index in [9.17, 15) is 8.42 Å². The molecule has 0 saturated carbocycles. The van der Waals surface area contributed by atoms with Crippen molar-refractivity contribution in [2.45, 2.75) is 84.5 Å². The van der Waals surface area contributed by atoms with Gasteiger partial charge in [0.1, 0.15) is 0 Å². The normalized spacial score (nSPS) is 11.3. The van der Waals surface area contributed by atoms with Crippen molar-refractivity contribution in [1.82, 2.24) is 5.48 Å². The zero-order chi connectivity index (χ0) is 15.1. The minimum absolute atomic E-state index is 0. The second-order valence-corrected chi connectivity index (χ2v) is 7.11. The number of rotatable bonds is 15. The van der Waals surface area contributed by atoms with Crippen LogP contribution in [0.3, 0.4) is 0 Å². The quantitative estimate of drug-likeness (QED) is 0.279.